The summed E-state index contributed by atoms with van der Waals surface area (Å²) in [4.78, 5) is 25.4. The van der Waals surface area contributed by atoms with Crippen molar-refractivity contribution in [2.75, 3.05) is 19.4 Å². The first-order chi connectivity index (χ1) is 12.4. The topological polar surface area (TPSA) is 78.4 Å². The lowest BCUT2D eigenvalue weighted by atomic mass is 9.90. The number of rotatable bonds is 4. The monoisotopic (exact) mass is 374 g/mol. The van der Waals surface area contributed by atoms with Gasteiger partial charge in [0.25, 0.3) is 0 Å². The second-order valence-electron chi connectivity index (χ2n) is 7.78. The van der Waals surface area contributed by atoms with Crippen LogP contribution in [0.3, 0.4) is 0 Å². The van der Waals surface area contributed by atoms with Crippen LogP contribution in [0.5, 0.6) is 0 Å². The van der Waals surface area contributed by atoms with E-state index in [9.17, 15) is 9.90 Å². The van der Waals surface area contributed by atoms with Crippen molar-refractivity contribution < 1.29 is 9.90 Å². The molecular weight excluding hydrogens is 348 g/mol. The van der Waals surface area contributed by atoms with Crippen molar-refractivity contribution in [1.82, 2.24) is 14.9 Å². The third-order valence-electron chi connectivity index (χ3n) is 5.85. The molecule has 0 bridgehead atoms. The highest BCUT2D eigenvalue weighted by molar-refractivity contribution is 7.19. The fourth-order valence-electron chi connectivity index (χ4n) is 4.43. The van der Waals surface area contributed by atoms with E-state index in [0.29, 0.717) is 18.5 Å². The number of anilines is 1. The minimum atomic E-state index is -0.735. The zero-order chi connectivity index (χ0) is 18.4. The van der Waals surface area contributed by atoms with Gasteiger partial charge in [0, 0.05) is 17.0 Å². The number of nitrogens with zero attached hydrogens (tertiary/aromatic N) is 3. The molecule has 7 heteroatoms. The average Bonchev–Trinajstić information content (AvgIpc) is 3.13. The molecule has 2 aromatic rings. The molecule has 1 fully saturated rings. The van der Waals surface area contributed by atoms with Crippen molar-refractivity contribution >= 4 is 33.3 Å². The minimum Gasteiger partial charge on any atom is -0.481 e. The fourth-order valence-corrected chi connectivity index (χ4v) is 5.72. The quantitative estimate of drug-likeness (QED) is 0.854. The number of hydrogen-bond acceptors (Lipinski definition) is 6. The van der Waals surface area contributed by atoms with Crippen LogP contribution in [0.15, 0.2) is 0 Å². The molecule has 2 N–H and O–H groups in total. The molecule has 2 heterocycles. The van der Waals surface area contributed by atoms with E-state index in [0.717, 1.165) is 46.7 Å². The van der Waals surface area contributed by atoms with Gasteiger partial charge in [0.15, 0.2) is 0 Å². The molecule has 2 aliphatic rings. The summed E-state index contributed by atoms with van der Waals surface area (Å²) in [6, 6.07) is 1.05. The number of hydrogen-bond donors (Lipinski definition) is 2. The lowest BCUT2D eigenvalue weighted by Gasteiger charge is -2.33. The molecule has 1 atom stereocenters. The Bertz CT molecular complexity index is 840. The van der Waals surface area contributed by atoms with Gasteiger partial charge in [-0.2, -0.15) is 0 Å². The maximum Gasteiger partial charge on any atom is 0.311 e. The van der Waals surface area contributed by atoms with E-state index in [-0.39, 0.29) is 0 Å². The van der Waals surface area contributed by atoms with Crippen molar-refractivity contribution in [2.45, 2.75) is 63.5 Å². The summed E-state index contributed by atoms with van der Waals surface area (Å²) < 4.78 is 0. The second kappa shape index (κ2) is 6.78. The third-order valence-corrected chi connectivity index (χ3v) is 7.01. The number of aromatic nitrogens is 2. The van der Waals surface area contributed by atoms with Gasteiger partial charge in [-0.15, -0.1) is 11.3 Å². The first kappa shape index (κ1) is 17.7. The molecule has 0 radical (unpaired) electrons. The highest BCUT2D eigenvalue weighted by Gasteiger charge is 2.34. The van der Waals surface area contributed by atoms with E-state index >= 15 is 0 Å². The lowest BCUT2D eigenvalue weighted by molar-refractivity contribution is -0.138. The number of nitrogens with one attached hydrogen (secondary N) is 1. The molecule has 4 rings (SSSR count). The van der Waals surface area contributed by atoms with Crippen molar-refractivity contribution in [1.29, 1.82) is 0 Å². The molecule has 0 amide bonds. The Balaban J connectivity index is 1.66. The third kappa shape index (κ3) is 3.07. The van der Waals surface area contributed by atoms with Gasteiger partial charge >= 0.3 is 5.97 Å². The van der Waals surface area contributed by atoms with Crippen molar-refractivity contribution in [2.24, 2.45) is 0 Å². The molecule has 0 spiro atoms. The number of aliphatic carboxylic acids is 1. The summed E-state index contributed by atoms with van der Waals surface area (Å²) in [6.45, 7) is 1.91. The molecule has 2 aliphatic carbocycles. The molecule has 0 aromatic carbocycles. The van der Waals surface area contributed by atoms with E-state index in [4.69, 9.17) is 0 Å². The van der Waals surface area contributed by atoms with Crippen LogP contribution in [-0.4, -0.2) is 52.1 Å². The molecule has 1 saturated carbocycles. The van der Waals surface area contributed by atoms with Gasteiger partial charge in [0.1, 0.15) is 16.5 Å². The summed E-state index contributed by atoms with van der Waals surface area (Å²) in [5, 5.41) is 14.2. The summed E-state index contributed by atoms with van der Waals surface area (Å²) in [6.07, 6.45) is 6.10. The first-order valence-corrected chi connectivity index (χ1v) is 10.2. The highest BCUT2D eigenvalue weighted by atomic mass is 32.1. The van der Waals surface area contributed by atoms with Crippen LogP contribution in [0.4, 0.5) is 5.82 Å². The van der Waals surface area contributed by atoms with Gasteiger partial charge in [-0.1, -0.05) is 0 Å². The fraction of sp³-hybridized carbons (Fsp3) is 0.632. The van der Waals surface area contributed by atoms with Gasteiger partial charge in [-0.3, -0.25) is 4.79 Å². The number of carboxylic acid groups (broad SMARTS) is 1. The highest BCUT2D eigenvalue weighted by Crippen LogP contribution is 2.45. The van der Waals surface area contributed by atoms with Gasteiger partial charge in [0.05, 0.1) is 11.3 Å². The van der Waals surface area contributed by atoms with Gasteiger partial charge in [0.2, 0.25) is 0 Å². The average molecular weight is 375 g/mol. The van der Waals surface area contributed by atoms with Gasteiger partial charge in [-0.25, -0.2) is 9.97 Å². The van der Waals surface area contributed by atoms with Crippen molar-refractivity contribution in [3.8, 4) is 0 Å². The molecule has 0 saturated heterocycles. The maximum absolute atomic E-state index is 11.7. The number of thiophene rings is 1. The van der Waals surface area contributed by atoms with E-state index in [2.05, 4.69) is 34.3 Å². The van der Waals surface area contributed by atoms with E-state index in [1.807, 2.05) is 6.92 Å². The predicted octanol–water partition coefficient (Wildman–Crippen LogP) is 3.40. The Hall–Kier alpha value is -1.73. The lowest BCUT2D eigenvalue weighted by Crippen LogP contribution is -2.36. The summed E-state index contributed by atoms with van der Waals surface area (Å²) >= 11 is 1.64. The Morgan fingerprint density at radius 2 is 1.92 bits per heavy atom. The minimum absolute atomic E-state index is 0.393. The Morgan fingerprint density at radius 1 is 1.19 bits per heavy atom. The largest absolute Gasteiger partial charge is 0.481 e. The Kier molecular flexibility index (Phi) is 4.61. The van der Waals surface area contributed by atoms with Crippen LogP contribution < -0.4 is 5.32 Å². The molecule has 2 aromatic heterocycles. The molecule has 6 nitrogen and oxygen atoms in total. The van der Waals surface area contributed by atoms with Crippen LogP contribution in [0, 0.1) is 6.92 Å². The number of aryl methyl sites for hydroxylation is 2. The van der Waals surface area contributed by atoms with Crippen molar-refractivity contribution in [3.05, 3.63) is 16.3 Å². The zero-order valence-electron chi connectivity index (χ0n) is 15.6. The van der Waals surface area contributed by atoms with Crippen molar-refractivity contribution in [3.63, 3.8) is 0 Å². The maximum atomic E-state index is 11.7. The van der Waals surface area contributed by atoms with Crippen LogP contribution in [0.25, 0.3) is 10.2 Å². The predicted molar refractivity (Wildman–Crippen MR) is 104 cm³/mol. The summed E-state index contributed by atoms with van der Waals surface area (Å²) in [7, 11) is 4.30. The molecule has 140 valence electrons. The number of carboxylic acids is 1. The molecular formula is C19H26N4O2S. The van der Waals surface area contributed by atoms with Crippen LogP contribution in [-0.2, 0) is 11.2 Å². The molecule has 1 unspecified atom stereocenters. The van der Waals surface area contributed by atoms with Gasteiger partial charge < -0.3 is 15.3 Å². The Labute approximate surface area is 157 Å². The van der Waals surface area contributed by atoms with E-state index < -0.39 is 11.9 Å². The zero-order valence-corrected chi connectivity index (χ0v) is 16.4. The smallest absolute Gasteiger partial charge is 0.311 e. The normalized spacial score (nSPS) is 25.6. The summed E-state index contributed by atoms with van der Waals surface area (Å²) in [5.41, 5.74) is 0.960. The SMILES string of the molecule is Cc1nc(N[C@H]2CC[C@H](N(C)C)CC2)c2c3c(sc2n1)CCC3C(=O)O. The van der Waals surface area contributed by atoms with Crippen LogP contribution >= 0.6 is 11.3 Å². The molecule has 26 heavy (non-hydrogen) atoms. The Morgan fingerprint density at radius 3 is 2.58 bits per heavy atom. The van der Waals surface area contributed by atoms with Crippen LogP contribution in [0.1, 0.15) is 54.3 Å². The van der Waals surface area contributed by atoms with Crippen LogP contribution in [0.2, 0.25) is 0 Å². The van der Waals surface area contributed by atoms with E-state index in [1.54, 1.807) is 11.3 Å². The van der Waals surface area contributed by atoms with E-state index in [1.165, 1.54) is 17.7 Å². The summed E-state index contributed by atoms with van der Waals surface area (Å²) in [5.74, 6) is 0.428. The van der Waals surface area contributed by atoms with Gasteiger partial charge in [-0.05, 0) is 65.1 Å². The second-order valence-corrected chi connectivity index (χ2v) is 8.87. The first-order valence-electron chi connectivity index (χ1n) is 9.39. The molecule has 0 aliphatic heterocycles. The number of fused-ring (bicyclic) bond motifs is 3. The standard InChI is InChI=1S/C19H26N4O2S/c1-10-20-17(22-11-4-6-12(7-5-11)23(2)3)16-15-13(19(24)25)8-9-14(15)26-18(16)21-10/h11-13H,4-9H2,1-3H3,(H,24,25)(H,20,21,22)/t11-,12-,13?. The number of carbonyl (C=O) groups is 1.